The third-order valence-corrected chi connectivity index (χ3v) is 2.57. The molecule has 0 saturated heterocycles. The maximum absolute atomic E-state index is 12.6. The van der Waals surface area contributed by atoms with Gasteiger partial charge in [0.15, 0.2) is 0 Å². The molecule has 0 aromatic heterocycles. The molecule has 88 valence electrons. The van der Waals surface area contributed by atoms with Crippen molar-refractivity contribution < 1.29 is 8.78 Å². The second-order valence-electron chi connectivity index (χ2n) is 3.82. The van der Waals surface area contributed by atoms with Crippen LogP contribution in [0.1, 0.15) is 18.9 Å². The average Bonchev–Trinajstić information content (AvgIpc) is 2.14. The van der Waals surface area contributed by atoms with E-state index in [1.807, 2.05) is 25.1 Å². The van der Waals surface area contributed by atoms with Crippen LogP contribution in [0.5, 0.6) is 0 Å². The van der Waals surface area contributed by atoms with Crippen LogP contribution < -0.4 is 0 Å². The molecule has 1 unspecified atom stereocenters. The van der Waals surface area contributed by atoms with E-state index < -0.39 is 5.66 Å². The van der Waals surface area contributed by atoms with E-state index in [2.05, 4.69) is 0 Å². The predicted molar refractivity (Wildman–Crippen MR) is 68.2 cm³/mol. The van der Waals surface area contributed by atoms with Crippen LogP contribution >= 0.6 is 20.8 Å². The van der Waals surface area contributed by atoms with Crippen molar-refractivity contribution in [3.63, 3.8) is 0 Å². The van der Waals surface area contributed by atoms with E-state index in [0.717, 1.165) is 11.1 Å². The van der Waals surface area contributed by atoms with Gasteiger partial charge in [-0.3, -0.25) is 0 Å². The zero-order chi connectivity index (χ0) is 12.2. The van der Waals surface area contributed by atoms with Gasteiger partial charge in [0, 0.05) is 11.4 Å². The van der Waals surface area contributed by atoms with Crippen molar-refractivity contribution in [3.05, 3.63) is 46.5 Å². The third kappa shape index (κ3) is 5.58. The first kappa shape index (κ1) is 13.6. The van der Waals surface area contributed by atoms with Gasteiger partial charge < -0.3 is 0 Å². The number of allylic oxidation sites excluding steroid dienone is 2. The maximum Gasteiger partial charge on any atom is 0.262 e. The van der Waals surface area contributed by atoms with Crippen molar-refractivity contribution in [2.45, 2.75) is 25.4 Å². The van der Waals surface area contributed by atoms with E-state index >= 15 is 0 Å². The Kier molecular flexibility index (Phi) is 4.89. The van der Waals surface area contributed by atoms with Gasteiger partial charge in [0.2, 0.25) is 0 Å². The molecule has 0 fully saturated rings. The molecule has 0 N–H and O–H groups in total. The lowest BCUT2D eigenvalue weighted by Crippen LogP contribution is -2.02. The third-order valence-electron chi connectivity index (χ3n) is 2.09. The molecular formula is C12H14ClF2P. The largest absolute Gasteiger partial charge is 0.262 e. The second-order valence-corrected chi connectivity index (χ2v) is 5.10. The van der Waals surface area contributed by atoms with Crippen LogP contribution in [0.15, 0.2) is 35.9 Å². The van der Waals surface area contributed by atoms with E-state index in [1.165, 1.54) is 9.24 Å². The highest BCUT2D eigenvalue weighted by molar-refractivity contribution is 7.18. The Morgan fingerprint density at radius 2 is 2.19 bits per heavy atom. The first-order valence-electron chi connectivity index (χ1n) is 4.93. The molecule has 1 rings (SSSR count). The first-order valence-corrected chi connectivity index (χ1v) is 5.89. The lowest BCUT2D eigenvalue weighted by molar-refractivity contribution is 0.108. The topological polar surface area (TPSA) is 0 Å². The van der Waals surface area contributed by atoms with Gasteiger partial charge in [-0.15, -0.1) is 0 Å². The molecule has 0 bridgehead atoms. The number of alkyl halides is 2. The molecule has 1 atom stereocenters. The van der Waals surface area contributed by atoms with Crippen molar-refractivity contribution in [2.75, 3.05) is 0 Å². The Morgan fingerprint density at radius 1 is 1.50 bits per heavy atom. The predicted octanol–water partition coefficient (Wildman–Crippen LogP) is 4.69. The number of hydrogen-bond acceptors (Lipinski definition) is 0. The van der Waals surface area contributed by atoms with E-state index in [1.54, 1.807) is 12.1 Å². The Balaban J connectivity index is 2.61. The van der Waals surface area contributed by atoms with Crippen LogP contribution in [-0.4, -0.2) is 5.66 Å². The molecule has 0 saturated carbocycles. The Bertz CT molecular complexity index is 383. The highest BCUT2D eigenvalue weighted by Gasteiger charge is 2.18. The van der Waals surface area contributed by atoms with Gasteiger partial charge in [0.25, 0.3) is 5.66 Å². The fourth-order valence-corrected chi connectivity index (χ4v) is 1.68. The lowest BCUT2D eigenvalue weighted by Gasteiger charge is -2.07. The SMILES string of the molecule is C/C(=C\CC(F)(F)P)Cc1cccc(Cl)c1. The summed E-state index contributed by atoms with van der Waals surface area (Å²) >= 11 is 5.84. The summed E-state index contributed by atoms with van der Waals surface area (Å²) in [6.45, 7) is 1.84. The van der Waals surface area contributed by atoms with Gasteiger partial charge in [-0.25, -0.2) is 8.78 Å². The monoisotopic (exact) mass is 262 g/mol. The minimum Gasteiger partial charge on any atom is -0.202 e. The smallest absolute Gasteiger partial charge is 0.202 e. The Labute approximate surface area is 102 Å². The average molecular weight is 263 g/mol. The molecule has 16 heavy (non-hydrogen) atoms. The molecule has 0 amide bonds. The van der Waals surface area contributed by atoms with Gasteiger partial charge in [-0.1, -0.05) is 44.6 Å². The highest BCUT2D eigenvalue weighted by atomic mass is 35.5. The fraction of sp³-hybridized carbons (Fsp3) is 0.333. The summed E-state index contributed by atoms with van der Waals surface area (Å²) in [5, 5.41) is 0.668. The molecule has 0 radical (unpaired) electrons. The Morgan fingerprint density at radius 3 is 2.75 bits per heavy atom. The van der Waals surface area contributed by atoms with E-state index in [9.17, 15) is 8.78 Å². The van der Waals surface area contributed by atoms with E-state index in [4.69, 9.17) is 11.6 Å². The van der Waals surface area contributed by atoms with Gasteiger partial charge >= 0.3 is 0 Å². The van der Waals surface area contributed by atoms with Crippen LogP contribution in [-0.2, 0) is 6.42 Å². The summed E-state index contributed by atoms with van der Waals surface area (Å²) in [6, 6.07) is 7.43. The van der Waals surface area contributed by atoms with Crippen LogP contribution in [0.25, 0.3) is 0 Å². The molecule has 0 aliphatic carbocycles. The van der Waals surface area contributed by atoms with Crippen molar-refractivity contribution in [3.8, 4) is 0 Å². The number of benzene rings is 1. The van der Waals surface area contributed by atoms with Gasteiger partial charge in [-0.05, 0) is 31.0 Å². The summed E-state index contributed by atoms with van der Waals surface area (Å²) in [4.78, 5) is 0. The van der Waals surface area contributed by atoms with Crippen molar-refractivity contribution in [2.24, 2.45) is 0 Å². The molecular weight excluding hydrogens is 249 g/mol. The molecule has 1 aromatic carbocycles. The summed E-state index contributed by atoms with van der Waals surface area (Å²) < 4.78 is 25.2. The fourth-order valence-electron chi connectivity index (χ4n) is 1.35. The summed E-state index contributed by atoms with van der Waals surface area (Å²) in [7, 11) is 1.54. The molecule has 1 aromatic rings. The molecule has 0 aliphatic heterocycles. The minimum atomic E-state index is -2.71. The summed E-state index contributed by atoms with van der Waals surface area (Å²) in [6.07, 6.45) is 1.97. The van der Waals surface area contributed by atoms with Crippen LogP contribution in [0.4, 0.5) is 8.78 Å². The second kappa shape index (κ2) is 5.75. The van der Waals surface area contributed by atoms with Crippen molar-refractivity contribution in [1.82, 2.24) is 0 Å². The van der Waals surface area contributed by atoms with E-state index in [-0.39, 0.29) is 6.42 Å². The molecule has 4 heteroatoms. The quantitative estimate of drug-likeness (QED) is 0.546. The van der Waals surface area contributed by atoms with Crippen LogP contribution in [0.3, 0.4) is 0 Å². The normalized spacial score (nSPS) is 12.9. The standard InChI is InChI=1S/C12H14ClF2P/c1-9(5-6-12(14,15)16)7-10-3-2-4-11(13)8-10/h2-5,8H,6-7,16H2,1H3/b9-5+. The van der Waals surface area contributed by atoms with Crippen LogP contribution in [0.2, 0.25) is 5.02 Å². The first-order chi connectivity index (χ1) is 7.37. The minimum absolute atomic E-state index is 0.246. The lowest BCUT2D eigenvalue weighted by atomic mass is 10.1. The zero-order valence-electron chi connectivity index (χ0n) is 9.01. The molecule has 0 spiro atoms. The highest BCUT2D eigenvalue weighted by Crippen LogP contribution is 2.27. The number of halogens is 3. The van der Waals surface area contributed by atoms with Crippen LogP contribution in [0, 0.1) is 0 Å². The summed E-state index contributed by atoms with van der Waals surface area (Å²) in [5.41, 5.74) is -0.756. The number of hydrogen-bond donors (Lipinski definition) is 0. The molecule has 0 nitrogen and oxygen atoms in total. The van der Waals surface area contributed by atoms with E-state index in [0.29, 0.717) is 11.4 Å². The van der Waals surface area contributed by atoms with Crippen molar-refractivity contribution >= 4 is 20.8 Å². The maximum atomic E-state index is 12.6. The van der Waals surface area contributed by atoms with Gasteiger partial charge in [0.1, 0.15) is 0 Å². The van der Waals surface area contributed by atoms with Crippen molar-refractivity contribution in [1.29, 1.82) is 0 Å². The molecule has 0 heterocycles. The zero-order valence-corrected chi connectivity index (χ0v) is 10.9. The summed E-state index contributed by atoms with van der Waals surface area (Å²) in [5.74, 6) is 0. The number of rotatable bonds is 4. The molecule has 0 aliphatic rings. The Hall–Kier alpha value is -0.460. The van der Waals surface area contributed by atoms with Gasteiger partial charge in [-0.2, -0.15) is 0 Å². The van der Waals surface area contributed by atoms with Gasteiger partial charge in [0.05, 0.1) is 0 Å².